The van der Waals surface area contributed by atoms with Gasteiger partial charge in [0.25, 0.3) is 0 Å². The summed E-state index contributed by atoms with van der Waals surface area (Å²) >= 11 is 0. The molecule has 0 aliphatic heterocycles. The van der Waals surface area contributed by atoms with Crippen LogP contribution in [-0.4, -0.2) is 15.7 Å². The van der Waals surface area contributed by atoms with Gasteiger partial charge in [0.2, 0.25) is 5.91 Å². The number of aryl methyl sites for hydroxylation is 1. The lowest BCUT2D eigenvalue weighted by atomic mass is 9.94. The summed E-state index contributed by atoms with van der Waals surface area (Å²) in [7, 11) is 1.87. The standard InChI is InChI=1S/C16H19N3O2/c1-19-14(15-8-5-9-21-15)10-13(18-19)11-17-16(20)12-6-3-2-4-7-12/h2-3,5,8-10,12H,4,6-7,11H2,1H3,(H,17,20). The maximum absolute atomic E-state index is 12.1. The normalized spacial score (nSPS) is 17.9. The van der Waals surface area contributed by atoms with E-state index in [9.17, 15) is 4.79 Å². The average molecular weight is 285 g/mol. The molecule has 2 aromatic rings. The van der Waals surface area contributed by atoms with Crippen molar-refractivity contribution in [1.29, 1.82) is 0 Å². The monoisotopic (exact) mass is 285 g/mol. The highest BCUT2D eigenvalue weighted by Crippen LogP contribution is 2.21. The van der Waals surface area contributed by atoms with E-state index in [2.05, 4.69) is 22.6 Å². The Morgan fingerprint density at radius 3 is 3.14 bits per heavy atom. The highest BCUT2D eigenvalue weighted by Gasteiger charge is 2.18. The third-order valence-corrected chi connectivity index (χ3v) is 3.79. The third kappa shape index (κ3) is 3.07. The molecule has 1 unspecified atom stereocenters. The van der Waals surface area contributed by atoms with Crippen molar-refractivity contribution in [3.63, 3.8) is 0 Å². The molecular weight excluding hydrogens is 266 g/mol. The Morgan fingerprint density at radius 1 is 1.52 bits per heavy atom. The zero-order chi connectivity index (χ0) is 14.7. The van der Waals surface area contributed by atoms with Gasteiger partial charge in [0.15, 0.2) is 5.76 Å². The van der Waals surface area contributed by atoms with Crippen LogP contribution in [0, 0.1) is 5.92 Å². The van der Waals surface area contributed by atoms with Crippen LogP contribution >= 0.6 is 0 Å². The van der Waals surface area contributed by atoms with Gasteiger partial charge in [-0.2, -0.15) is 5.10 Å². The number of carbonyl (C=O) groups excluding carboxylic acids is 1. The summed E-state index contributed by atoms with van der Waals surface area (Å²) in [6.45, 7) is 0.452. The molecule has 0 spiro atoms. The summed E-state index contributed by atoms with van der Waals surface area (Å²) in [6.07, 6.45) is 8.63. The minimum atomic E-state index is 0.100. The molecule has 0 saturated carbocycles. The highest BCUT2D eigenvalue weighted by molar-refractivity contribution is 5.78. The van der Waals surface area contributed by atoms with Crippen molar-refractivity contribution < 1.29 is 9.21 Å². The zero-order valence-electron chi connectivity index (χ0n) is 12.1. The first-order valence-electron chi connectivity index (χ1n) is 7.23. The minimum absolute atomic E-state index is 0.100. The van der Waals surface area contributed by atoms with Crippen LogP contribution < -0.4 is 5.32 Å². The van der Waals surface area contributed by atoms with Gasteiger partial charge >= 0.3 is 0 Å². The second kappa shape index (κ2) is 5.99. The van der Waals surface area contributed by atoms with Crippen molar-refractivity contribution >= 4 is 5.91 Å². The summed E-state index contributed by atoms with van der Waals surface area (Å²) in [6, 6.07) is 5.69. The van der Waals surface area contributed by atoms with E-state index in [0.29, 0.717) is 6.54 Å². The summed E-state index contributed by atoms with van der Waals surface area (Å²) in [5.41, 5.74) is 1.74. The van der Waals surface area contributed by atoms with Crippen molar-refractivity contribution in [2.24, 2.45) is 13.0 Å². The average Bonchev–Trinajstić information content (AvgIpc) is 3.15. The van der Waals surface area contributed by atoms with Crippen LogP contribution in [0.15, 0.2) is 41.0 Å². The lowest BCUT2D eigenvalue weighted by molar-refractivity contribution is -0.125. The molecule has 5 heteroatoms. The molecule has 2 heterocycles. The van der Waals surface area contributed by atoms with E-state index >= 15 is 0 Å². The number of aromatic nitrogens is 2. The fourth-order valence-electron chi connectivity index (χ4n) is 2.62. The second-order valence-corrected chi connectivity index (χ2v) is 5.32. The molecule has 2 aromatic heterocycles. The highest BCUT2D eigenvalue weighted by atomic mass is 16.3. The molecule has 0 radical (unpaired) electrons. The summed E-state index contributed by atoms with van der Waals surface area (Å²) in [4.78, 5) is 12.1. The van der Waals surface area contributed by atoms with Gasteiger partial charge < -0.3 is 9.73 Å². The van der Waals surface area contributed by atoms with Gasteiger partial charge in [0.1, 0.15) is 5.69 Å². The van der Waals surface area contributed by atoms with Gasteiger partial charge in [-0.15, -0.1) is 0 Å². The third-order valence-electron chi connectivity index (χ3n) is 3.79. The van der Waals surface area contributed by atoms with Crippen molar-refractivity contribution in [3.8, 4) is 11.5 Å². The molecule has 0 aromatic carbocycles. The molecule has 1 aliphatic rings. The number of allylic oxidation sites excluding steroid dienone is 2. The number of hydrogen-bond donors (Lipinski definition) is 1. The van der Waals surface area contributed by atoms with Crippen molar-refractivity contribution in [2.75, 3.05) is 0 Å². The Kier molecular flexibility index (Phi) is 3.90. The Balaban J connectivity index is 1.62. The fourth-order valence-corrected chi connectivity index (χ4v) is 2.62. The van der Waals surface area contributed by atoms with Crippen LogP contribution in [0.25, 0.3) is 11.5 Å². The first-order chi connectivity index (χ1) is 10.2. The van der Waals surface area contributed by atoms with Gasteiger partial charge in [0, 0.05) is 13.0 Å². The Bertz CT molecular complexity index is 641. The molecule has 1 atom stereocenters. The first kappa shape index (κ1) is 13.7. The number of carbonyl (C=O) groups is 1. The zero-order valence-corrected chi connectivity index (χ0v) is 12.1. The Labute approximate surface area is 123 Å². The van der Waals surface area contributed by atoms with E-state index in [1.807, 2.05) is 25.2 Å². The van der Waals surface area contributed by atoms with E-state index in [-0.39, 0.29) is 11.8 Å². The maximum Gasteiger partial charge on any atom is 0.223 e. The van der Waals surface area contributed by atoms with Crippen LogP contribution in [0.4, 0.5) is 0 Å². The van der Waals surface area contributed by atoms with Gasteiger partial charge in [-0.3, -0.25) is 9.48 Å². The number of furan rings is 1. The van der Waals surface area contributed by atoms with Crippen molar-refractivity contribution in [1.82, 2.24) is 15.1 Å². The van der Waals surface area contributed by atoms with E-state index < -0.39 is 0 Å². The minimum Gasteiger partial charge on any atom is -0.463 e. The largest absolute Gasteiger partial charge is 0.463 e. The lowest BCUT2D eigenvalue weighted by Crippen LogP contribution is -2.30. The first-order valence-corrected chi connectivity index (χ1v) is 7.23. The second-order valence-electron chi connectivity index (χ2n) is 5.32. The van der Waals surface area contributed by atoms with E-state index in [4.69, 9.17) is 4.42 Å². The van der Waals surface area contributed by atoms with Gasteiger partial charge in [-0.05, 0) is 37.5 Å². The van der Waals surface area contributed by atoms with Crippen LogP contribution in [0.3, 0.4) is 0 Å². The van der Waals surface area contributed by atoms with E-state index in [1.165, 1.54) is 0 Å². The van der Waals surface area contributed by atoms with E-state index in [0.717, 1.165) is 36.4 Å². The van der Waals surface area contributed by atoms with Crippen LogP contribution in [0.1, 0.15) is 25.0 Å². The smallest absolute Gasteiger partial charge is 0.223 e. The number of rotatable bonds is 4. The van der Waals surface area contributed by atoms with Crippen LogP contribution in [0.2, 0.25) is 0 Å². The predicted octanol–water partition coefficient (Wildman–Crippen LogP) is 2.65. The quantitative estimate of drug-likeness (QED) is 0.879. The molecule has 1 amide bonds. The molecule has 21 heavy (non-hydrogen) atoms. The van der Waals surface area contributed by atoms with Crippen molar-refractivity contribution in [2.45, 2.75) is 25.8 Å². The molecular formula is C16H19N3O2. The molecule has 0 fully saturated rings. The fraction of sp³-hybridized carbons (Fsp3) is 0.375. The van der Waals surface area contributed by atoms with Gasteiger partial charge in [-0.25, -0.2) is 0 Å². The molecule has 0 bridgehead atoms. The summed E-state index contributed by atoms with van der Waals surface area (Å²) < 4.78 is 7.15. The molecule has 0 saturated heterocycles. The lowest BCUT2D eigenvalue weighted by Gasteiger charge is -2.16. The van der Waals surface area contributed by atoms with Crippen LogP contribution in [-0.2, 0) is 18.4 Å². The molecule has 5 nitrogen and oxygen atoms in total. The topological polar surface area (TPSA) is 60.1 Å². The molecule has 3 rings (SSSR count). The Morgan fingerprint density at radius 2 is 2.43 bits per heavy atom. The van der Waals surface area contributed by atoms with Gasteiger partial charge in [-0.1, -0.05) is 12.2 Å². The number of nitrogens with one attached hydrogen (secondary N) is 1. The number of nitrogens with zero attached hydrogens (tertiary/aromatic N) is 2. The summed E-state index contributed by atoms with van der Waals surface area (Å²) in [5, 5.41) is 7.39. The SMILES string of the molecule is Cn1nc(CNC(=O)C2CC=CCC2)cc1-c1ccco1. The Hall–Kier alpha value is -2.30. The molecule has 1 aliphatic carbocycles. The maximum atomic E-state index is 12.1. The van der Waals surface area contributed by atoms with E-state index in [1.54, 1.807) is 10.9 Å². The molecule has 110 valence electrons. The molecule has 1 N–H and O–H groups in total. The van der Waals surface area contributed by atoms with Gasteiger partial charge in [0.05, 0.1) is 18.5 Å². The van der Waals surface area contributed by atoms with Crippen LogP contribution in [0.5, 0.6) is 0 Å². The number of amides is 1. The summed E-state index contributed by atoms with van der Waals surface area (Å²) in [5.74, 6) is 0.993. The van der Waals surface area contributed by atoms with Crippen molar-refractivity contribution in [3.05, 3.63) is 42.3 Å². The number of hydrogen-bond acceptors (Lipinski definition) is 3. The predicted molar refractivity (Wildman–Crippen MR) is 79.2 cm³/mol.